The molecular formula is C32H24F4N2O4. The zero-order chi connectivity index (χ0) is 30.0. The van der Waals surface area contributed by atoms with Crippen molar-refractivity contribution in [2.45, 2.75) is 25.1 Å². The Morgan fingerprint density at radius 3 is 2.33 bits per heavy atom. The van der Waals surface area contributed by atoms with Gasteiger partial charge in [-0.3, -0.25) is 9.59 Å². The Bertz CT molecular complexity index is 1760. The summed E-state index contributed by atoms with van der Waals surface area (Å²) in [6.07, 6.45) is -7.65. The summed E-state index contributed by atoms with van der Waals surface area (Å²) < 4.78 is 59.3. The molecule has 1 atom stereocenters. The van der Waals surface area contributed by atoms with Gasteiger partial charge in [0.2, 0.25) is 5.71 Å². The van der Waals surface area contributed by atoms with Crippen molar-refractivity contribution in [1.82, 2.24) is 10.3 Å². The molecule has 2 aromatic heterocycles. The van der Waals surface area contributed by atoms with Gasteiger partial charge in [0.1, 0.15) is 17.7 Å². The number of alkyl halides is 3. The molecular weight excluding hydrogens is 552 g/mol. The molecule has 0 saturated carbocycles. The molecule has 0 aliphatic rings. The highest BCUT2D eigenvalue weighted by molar-refractivity contribution is 6.11. The first-order valence-electron chi connectivity index (χ1n) is 12.9. The van der Waals surface area contributed by atoms with Crippen molar-refractivity contribution < 1.29 is 36.7 Å². The number of halogens is 4. The van der Waals surface area contributed by atoms with E-state index in [1.165, 1.54) is 49.5 Å². The van der Waals surface area contributed by atoms with E-state index in [9.17, 15) is 32.3 Å². The second-order valence-electron chi connectivity index (χ2n) is 9.60. The van der Waals surface area contributed by atoms with Crippen molar-refractivity contribution in [3.8, 4) is 22.5 Å². The van der Waals surface area contributed by atoms with E-state index in [0.29, 0.717) is 16.7 Å². The molecule has 5 aromatic rings. The van der Waals surface area contributed by atoms with Gasteiger partial charge < -0.3 is 14.8 Å². The standard InChI is InChI=1S/C32H24F4N2O4/c1-37-30(41)26-24-17-23(20-8-5-9-21(16-20)28(40)27(39)18-6-3-2-4-7-18)25(14-15-32(34,35)36)38-31(24)42-29(26)19-10-12-22(33)13-11-19/h2-13,16-17,28,40H,14-15H2,1H3,(H,37,41). The number of pyridine rings is 1. The Morgan fingerprint density at radius 2 is 1.67 bits per heavy atom. The summed E-state index contributed by atoms with van der Waals surface area (Å²) in [5, 5.41) is 13.6. The summed E-state index contributed by atoms with van der Waals surface area (Å²) in [6.45, 7) is 0. The minimum absolute atomic E-state index is 0.0451. The fourth-order valence-corrected chi connectivity index (χ4v) is 4.70. The summed E-state index contributed by atoms with van der Waals surface area (Å²) in [7, 11) is 1.41. The number of hydrogen-bond acceptors (Lipinski definition) is 5. The zero-order valence-electron chi connectivity index (χ0n) is 22.2. The molecule has 0 spiro atoms. The van der Waals surface area contributed by atoms with Crippen LogP contribution in [0.15, 0.2) is 89.3 Å². The maximum atomic E-state index is 13.6. The van der Waals surface area contributed by atoms with Gasteiger partial charge >= 0.3 is 6.18 Å². The van der Waals surface area contributed by atoms with Crippen LogP contribution in [0.4, 0.5) is 17.6 Å². The molecule has 1 unspecified atom stereocenters. The first kappa shape index (κ1) is 28.7. The summed E-state index contributed by atoms with van der Waals surface area (Å²) in [4.78, 5) is 30.3. The van der Waals surface area contributed by atoms with E-state index >= 15 is 0 Å². The van der Waals surface area contributed by atoms with E-state index in [1.807, 2.05) is 0 Å². The number of aromatic nitrogens is 1. The van der Waals surface area contributed by atoms with Gasteiger partial charge in [0, 0.05) is 30.2 Å². The van der Waals surface area contributed by atoms with E-state index in [4.69, 9.17) is 4.42 Å². The van der Waals surface area contributed by atoms with Crippen molar-refractivity contribution in [3.05, 3.63) is 113 Å². The molecule has 2 heterocycles. The second-order valence-corrected chi connectivity index (χ2v) is 9.60. The first-order chi connectivity index (χ1) is 20.1. The lowest BCUT2D eigenvalue weighted by atomic mass is 9.94. The van der Waals surface area contributed by atoms with Crippen LogP contribution in [-0.2, 0) is 6.42 Å². The number of benzene rings is 3. The van der Waals surface area contributed by atoms with Crippen LogP contribution < -0.4 is 5.32 Å². The number of Topliss-reactive ketones (excluding diaryl/α,β-unsaturated/α-hetero) is 1. The fourth-order valence-electron chi connectivity index (χ4n) is 4.70. The van der Waals surface area contributed by atoms with Crippen LogP contribution in [-0.4, -0.2) is 35.0 Å². The molecule has 3 aromatic carbocycles. The van der Waals surface area contributed by atoms with Crippen molar-refractivity contribution in [3.63, 3.8) is 0 Å². The van der Waals surface area contributed by atoms with E-state index in [0.717, 1.165) is 0 Å². The minimum atomic E-state index is -4.47. The third-order valence-corrected chi connectivity index (χ3v) is 6.79. The maximum Gasteiger partial charge on any atom is 0.389 e. The quantitative estimate of drug-likeness (QED) is 0.152. The van der Waals surface area contributed by atoms with E-state index in [1.54, 1.807) is 42.5 Å². The van der Waals surface area contributed by atoms with Gasteiger partial charge in [0.15, 0.2) is 5.78 Å². The van der Waals surface area contributed by atoms with Gasteiger partial charge in [0.05, 0.1) is 16.6 Å². The highest BCUT2D eigenvalue weighted by atomic mass is 19.4. The molecule has 0 bridgehead atoms. The predicted octanol–water partition coefficient (Wildman–Crippen LogP) is 7.07. The zero-order valence-corrected chi connectivity index (χ0v) is 22.2. The lowest BCUT2D eigenvalue weighted by molar-refractivity contribution is -0.134. The van der Waals surface area contributed by atoms with Crippen LogP contribution >= 0.6 is 0 Å². The summed E-state index contributed by atoms with van der Waals surface area (Å²) in [5.41, 5.74) is 1.60. The van der Waals surface area contributed by atoms with Crippen molar-refractivity contribution in [1.29, 1.82) is 0 Å². The number of aryl methyl sites for hydroxylation is 1. The SMILES string of the molecule is CNC(=O)c1c(-c2ccc(F)cc2)oc2nc(CCC(F)(F)F)c(-c3cccc(C(O)C(=O)c4ccccc4)c3)cc12. The number of fused-ring (bicyclic) bond motifs is 1. The van der Waals surface area contributed by atoms with Crippen LogP contribution in [0.3, 0.4) is 0 Å². The van der Waals surface area contributed by atoms with Gasteiger partial charge in [-0.2, -0.15) is 13.2 Å². The molecule has 0 aliphatic carbocycles. The van der Waals surface area contributed by atoms with E-state index in [2.05, 4.69) is 10.3 Å². The molecule has 5 rings (SSSR count). The van der Waals surface area contributed by atoms with Gasteiger partial charge in [-0.15, -0.1) is 0 Å². The number of aliphatic hydroxyl groups is 1. The monoisotopic (exact) mass is 576 g/mol. The number of furan rings is 1. The number of amides is 1. The third-order valence-electron chi connectivity index (χ3n) is 6.79. The van der Waals surface area contributed by atoms with Crippen molar-refractivity contribution in [2.75, 3.05) is 7.05 Å². The highest BCUT2D eigenvalue weighted by Crippen LogP contribution is 2.38. The van der Waals surface area contributed by atoms with Gasteiger partial charge in [-0.1, -0.05) is 48.5 Å². The molecule has 0 fully saturated rings. The molecule has 10 heteroatoms. The number of hydrogen-bond donors (Lipinski definition) is 2. The maximum absolute atomic E-state index is 13.6. The van der Waals surface area contributed by atoms with Crippen LogP contribution in [0.2, 0.25) is 0 Å². The van der Waals surface area contributed by atoms with Crippen LogP contribution in [0.5, 0.6) is 0 Å². The molecule has 42 heavy (non-hydrogen) atoms. The summed E-state index contributed by atoms with van der Waals surface area (Å²) in [5.74, 6) is -1.51. The largest absolute Gasteiger partial charge is 0.437 e. The average Bonchev–Trinajstić information content (AvgIpc) is 3.37. The molecule has 0 aliphatic heterocycles. The van der Waals surface area contributed by atoms with Gasteiger partial charge in [0.25, 0.3) is 5.91 Å². The number of nitrogens with zero attached hydrogens (tertiary/aromatic N) is 1. The Balaban J connectivity index is 1.67. The Kier molecular flexibility index (Phi) is 7.91. The number of carbonyl (C=O) groups is 2. The molecule has 0 saturated heterocycles. The normalized spacial score (nSPS) is 12.3. The van der Waals surface area contributed by atoms with Crippen molar-refractivity contribution in [2.24, 2.45) is 0 Å². The fraction of sp³-hybridized carbons (Fsp3) is 0.156. The minimum Gasteiger partial charge on any atom is -0.437 e. The number of aliphatic hydroxyl groups excluding tert-OH is 1. The number of nitrogens with one attached hydrogen (secondary N) is 1. The third kappa shape index (κ3) is 5.94. The molecule has 1 amide bonds. The van der Waals surface area contributed by atoms with Crippen LogP contribution in [0.1, 0.15) is 44.5 Å². The molecule has 6 nitrogen and oxygen atoms in total. The molecule has 2 N–H and O–H groups in total. The molecule has 214 valence electrons. The molecule has 0 radical (unpaired) electrons. The highest BCUT2D eigenvalue weighted by Gasteiger charge is 2.29. The van der Waals surface area contributed by atoms with E-state index < -0.39 is 42.6 Å². The summed E-state index contributed by atoms with van der Waals surface area (Å²) >= 11 is 0. The Morgan fingerprint density at radius 1 is 0.952 bits per heavy atom. The number of ketones is 1. The first-order valence-corrected chi connectivity index (χ1v) is 12.9. The van der Waals surface area contributed by atoms with Gasteiger partial charge in [-0.25, -0.2) is 9.37 Å². The number of carbonyl (C=O) groups excluding carboxylic acids is 2. The van der Waals surface area contributed by atoms with E-state index in [-0.39, 0.29) is 39.2 Å². The predicted molar refractivity (Wildman–Crippen MR) is 148 cm³/mol. The van der Waals surface area contributed by atoms with Crippen molar-refractivity contribution >= 4 is 22.8 Å². The van der Waals surface area contributed by atoms with Gasteiger partial charge in [-0.05, 0) is 53.9 Å². The summed E-state index contributed by atoms with van der Waals surface area (Å²) in [6, 6.07) is 21.2. The Labute approximate surface area is 237 Å². The number of rotatable bonds is 8. The average molecular weight is 577 g/mol. The van der Waals surface area contributed by atoms with Crippen LogP contribution in [0, 0.1) is 5.82 Å². The topological polar surface area (TPSA) is 92.4 Å². The van der Waals surface area contributed by atoms with Crippen LogP contribution in [0.25, 0.3) is 33.6 Å². The lowest BCUT2D eigenvalue weighted by Crippen LogP contribution is -2.18. The smallest absolute Gasteiger partial charge is 0.389 e. The lowest BCUT2D eigenvalue weighted by Gasteiger charge is -2.14. The second kappa shape index (κ2) is 11.6. The Hall–Kier alpha value is -4.83.